The van der Waals surface area contributed by atoms with Gasteiger partial charge in [0.05, 0.1) is 24.3 Å². The summed E-state index contributed by atoms with van der Waals surface area (Å²) in [7, 11) is 0. The zero-order valence-electron chi connectivity index (χ0n) is 20.0. The van der Waals surface area contributed by atoms with Crippen molar-refractivity contribution < 1.29 is 39.5 Å². The van der Waals surface area contributed by atoms with Gasteiger partial charge in [0.15, 0.2) is 23.0 Å². The van der Waals surface area contributed by atoms with Crippen molar-refractivity contribution in [1.82, 2.24) is 15.1 Å². The zero-order valence-corrected chi connectivity index (χ0v) is 20.0. The molecular weight excluding hydrogens is 484 g/mol. The number of aromatic hydroxyl groups is 4. The third-order valence-corrected chi connectivity index (χ3v) is 7.12. The standard InChI is InChI=1S/C25H28N4O8/c30-19-5-4-18(24(35)27-19)29-12-15-13(25(29)36)2-1-3-17(15)26-10-14-20(31)22(33)16(23(34)21(14)32)11-28-6-8-37-9-7-28/h1-3,18,26,31-34H,4-12H2,(H,27,30,35). The van der Waals surface area contributed by atoms with E-state index in [2.05, 4.69) is 10.6 Å². The Morgan fingerprint density at radius 2 is 1.65 bits per heavy atom. The average molecular weight is 513 g/mol. The van der Waals surface area contributed by atoms with E-state index >= 15 is 0 Å². The predicted octanol–water partition coefficient (Wildman–Crippen LogP) is 0.714. The van der Waals surface area contributed by atoms with E-state index in [1.807, 2.05) is 4.90 Å². The van der Waals surface area contributed by atoms with Gasteiger partial charge in [-0.3, -0.25) is 24.6 Å². The molecule has 12 heteroatoms. The summed E-state index contributed by atoms with van der Waals surface area (Å²) in [5, 5.41) is 47.8. The van der Waals surface area contributed by atoms with Gasteiger partial charge in [0.25, 0.3) is 5.91 Å². The number of piperidine rings is 1. The first-order valence-electron chi connectivity index (χ1n) is 12.0. The molecule has 0 saturated carbocycles. The number of rotatable bonds is 6. The highest BCUT2D eigenvalue weighted by Gasteiger charge is 2.40. The highest BCUT2D eigenvalue weighted by Crippen LogP contribution is 2.47. The van der Waals surface area contributed by atoms with Crippen molar-refractivity contribution in [2.45, 2.75) is 38.5 Å². The van der Waals surface area contributed by atoms with Crippen LogP contribution in [-0.2, 0) is 34.0 Å². The normalized spacial score (nSPS) is 20.2. The number of imide groups is 1. The molecule has 6 N–H and O–H groups in total. The summed E-state index contributed by atoms with van der Waals surface area (Å²) in [6, 6.07) is 4.25. The van der Waals surface area contributed by atoms with Crippen LogP contribution >= 0.6 is 0 Å². The summed E-state index contributed by atoms with van der Waals surface area (Å²) in [6.45, 7) is 2.27. The van der Waals surface area contributed by atoms with Gasteiger partial charge in [-0.2, -0.15) is 0 Å². The Morgan fingerprint density at radius 1 is 0.973 bits per heavy atom. The van der Waals surface area contributed by atoms with Gasteiger partial charge in [0, 0.05) is 56.0 Å². The van der Waals surface area contributed by atoms with Gasteiger partial charge in [-0.1, -0.05) is 6.07 Å². The quantitative estimate of drug-likeness (QED) is 0.184. The van der Waals surface area contributed by atoms with Gasteiger partial charge in [0.1, 0.15) is 6.04 Å². The average Bonchev–Trinajstić information content (AvgIpc) is 3.23. The summed E-state index contributed by atoms with van der Waals surface area (Å²) in [5.74, 6) is -3.35. The lowest BCUT2D eigenvalue weighted by Gasteiger charge is -2.29. The van der Waals surface area contributed by atoms with Gasteiger partial charge in [-0.25, -0.2) is 0 Å². The molecule has 2 aromatic rings. The van der Waals surface area contributed by atoms with Crippen molar-refractivity contribution in [1.29, 1.82) is 0 Å². The van der Waals surface area contributed by atoms with E-state index in [0.29, 0.717) is 43.1 Å². The molecule has 0 radical (unpaired) electrons. The fourth-order valence-electron chi connectivity index (χ4n) is 5.03. The van der Waals surface area contributed by atoms with E-state index < -0.39 is 34.9 Å². The molecule has 0 aliphatic carbocycles. The van der Waals surface area contributed by atoms with E-state index in [1.165, 1.54) is 4.90 Å². The largest absolute Gasteiger partial charge is 0.504 e. The van der Waals surface area contributed by atoms with Crippen LogP contribution in [0.5, 0.6) is 23.0 Å². The molecule has 0 bridgehead atoms. The summed E-state index contributed by atoms with van der Waals surface area (Å²) in [4.78, 5) is 40.2. The maximum Gasteiger partial charge on any atom is 0.255 e. The number of anilines is 1. The molecule has 0 spiro atoms. The summed E-state index contributed by atoms with van der Waals surface area (Å²) < 4.78 is 5.30. The lowest BCUT2D eigenvalue weighted by molar-refractivity contribution is -0.136. The zero-order chi connectivity index (χ0) is 26.3. The van der Waals surface area contributed by atoms with Crippen LogP contribution in [0.15, 0.2) is 18.2 Å². The molecule has 3 aliphatic heterocycles. The lowest BCUT2D eigenvalue weighted by Crippen LogP contribution is -2.52. The van der Waals surface area contributed by atoms with Crippen molar-refractivity contribution in [3.63, 3.8) is 0 Å². The number of nitrogens with zero attached hydrogens (tertiary/aromatic N) is 2. The van der Waals surface area contributed by atoms with Crippen molar-refractivity contribution >= 4 is 23.4 Å². The number of carbonyl (C=O) groups excluding carboxylic acids is 3. The van der Waals surface area contributed by atoms with Gasteiger partial charge < -0.3 is 35.4 Å². The first kappa shape index (κ1) is 24.7. The fraction of sp³-hybridized carbons (Fsp3) is 0.400. The Balaban J connectivity index is 1.35. The maximum atomic E-state index is 13.0. The van der Waals surface area contributed by atoms with E-state index in [-0.39, 0.29) is 55.4 Å². The molecule has 3 heterocycles. The Labute approximate surface area is 212 Å². The van der Waals surface area contributed by atoms with Gasteiger partial charge >= 0.3 is 0 Å². The molecule has 0 aromatic heterocycles. The number of morpholine rings is 1. The topological polar surface area (TPSA) is 172 Å². The fourth-order valence-corrected chi connectivity index (χ4v) is 5.03. The predicted molar refractivity (Wildman–Crippen MR) is 129 cm³/mol. The highest BCUT2D eigenvalue weighted by molar-refractivity contribution is 6.06. The molecule has 37 heavy (non-hydrogen) atoms. The summed E-state index contributed by atoms with van der Waals surface area (Å²) in [5.41, 5.74) is 1.45. The van der Waals surface area contributed by atoms with E-state index in [1.54, 1.807) is 18.2 Å². The third kappa shape index (κ3) is 4.49. The molecule has 2 saturated heterocycles. The van der Waals surface area contributed by atoms with E-state index in [0.717, 1.165) is 0 Å². The lowest BCUT2D eigenvalue weighted by atomic mass is 10.0. The number of carbonyl (C=O) groups is 3. The number of hydrogen-bond donors (Lipinski definition) is 6. The monoisotopic (exact) mass is 512 g/mol. The Morgan fingerprint density at radius 3 is 2.32 bits per heavy atom. The van der Waals surface area contributed by atoms with Crippen LogP contribution in [0, 0.1) is 0 Å². The van der Waals surface area contributed by atoms with Crippen molar-refractivity contribution in [3.05, 3.63) is 40.5 Å². The molecule has 12 nitrogen and oxygen atoms in total. The Bertz CT molecular complexity index is 1240. The number of benzene rings is 2. The number of fused-ring (bicyclic) bond motifs is 1. The highest BCUT2D eigenvalue weighted by atomic mass is 16.5. The van der Waals surface area contributed by atoms with E-state index in [9.17, 15) is 34.8 Å². The van der Waals surface area contributed by atoms with Gasteiger partial charge in [-0.15, -0.1) is 0 Å². The van der Waals surface area contributed by atoms with Crippen LogP contribution in [0.4, 0.5) is 5.69 Å². The minimum atomic E-state index is -0.758. The Hall–Kier alpha value is -4.03. The summed E-state index contributed by atoms with van der Waals surface area (Å²) in [6.07, 6.45) is 0.388. The molecule has 3 aliphatic rings. The second-order valence-corrected chi connectivity index (χ2v) is 9.33. The Kier molecular flexibility index (Phi) is 6.52. The summed E-state index contributed by atoms with van der Waals surface area (Å²) >= 11 is 0. The van der Waals surface area contributed by atoms with Crippen LogP contribution in [0.2, 0.25) is 0 Å². The number of ether oxygens (including phenoxy) is 1. The number of hydrogen-bond acceptors (Lipinski definition) is 10. The second kappa shape index (κ2) is 9.79. The van der Waals surface area contributed by atoms with Crippen LogP contribution < -0.4 is 10.6 Å². The van der Waals surface area contributed by atoms with E-state index in [4.69, 9.17) is 4.74 Å². The molecule has 196 valence electrons. The van der Waals surface area contributed by atoms with Crippen LogP contribution in [-0.4, -0.2) is 80.3 Å². The molecule has 5 rings (SSSR count). The molecular formula is C25H28N4O8. The molecule has 1 unspecified atom stereocenters. The maximum absolute atomic E-state index is 13.0. The van der Waals surface area contributed by atoms with Crippen LogP contribution in [0.1, 0.15) is 39.9 Å². The molecule has 1 atom stereocenters. The molecule has 2 aromatic carbocycles. The third-order valence-electron chi connectivity index (χ3n) is 7.12. The van der Waals surface area contributed by atoms with Crippen molar-refractivity contribution in [2.75, 3.05) is 31.6 Å². The number of nitrogens with one attached hydrogen (secondary N) is 2. The first-order valence-corrected chi connectivity index (χ1v) is 12.0. The first-order chi connectivity index (χ1) is 17.8. The number of phenols is 4. The van der Waals surface area contributed by atoms with Crippen LogP contribution in [0.25, 0.3) is 0 Å². The minimum absolute atomic E-state index is 0.0201. The molecule has 2 fully saturated rings. The minimum Gasteiger partial charge on any atom is -0.504 e. The smallest absolute Gasteiger partial charge is 0.255 e. The number of amides is 3. The SMILES string of the molecule is O=C1CCC(N2Cc3c(NCc4c(O)c(O)c(CN5CCOCC5)c(O)c4O)cccc3C2=O)C(=O)N1. The second-order valence-electron chi connectivity index (χ2n) is 9.33. The van der Waals surface area contributed by atoms with Crippen molar-refractivity contribution in [2.24, 2.45) is 0 Å². The van der Waals surface area contributed by atoms with Crippen molar-refractivity contribution in [3.8, 4) is 23.0 Å². The van der Waals surface area contributed by atoms with Crippen LogP contribution in [0.3, 0.4) is 0 Å². The number of phenolic OH excluding ortho intramolecular Hbond substituents is 4. The van der Waals surface area contributed by atoms with Gasteiger partial charge in [-0.05, 0) is 18.6 Å². The molecule has 3 amide bonds. The van der Waals surface area contributed by atoms with Gasteiger partial charge in [0.2, 0.25) is 11.8 Å².